The molecule has 1 aliphatic carbocycles. The van der Waals surface area contributed by atoms with Crippen LogP contribution in [0.25, 0.3) is 11.4 Å². The Morgan fingerprint density at radius 2 is 1.90 bits per heavy atom. The van der Waals surface area contributed by atoms with Crippen LogP contribution in [0.15, 0.2) is 12.1 Å². The van der Waals surface area contributed by atoms with Crippen LogP contribution in [0.4, 0.5) is 0 Å². The number of aromatic carboxylic acids is 1. The van der Waals surface area contributed by atoms with Gasteiger partial charge in [-0.15, -0.1) is 10.2 Å². The van der Waals surface area contributed by atoms with Crippen LogP contribution in [0.3, 0.4) is 0 Å². The van der Waals surface area contributed by atoms with Gasteiger partial charge >= 0.3 is 11.9 Å². The zero-order valence-corrected chi connectivity index (χ0v) is 17.3. The van der Waals surface area contributed by atoms with E-state index in [1.54, 1.807) is 17.8 Å². The Morgan fingerprint density at radius 1 is 1.21 bits per heavy atom. The highest BCUT2D eigenvalue weighted by molar-refractivity contribution is 5.86. The van der Waals surface area contributed by atoms with Gasteiger partial charge in [0.05, 0.1) is 12.5 Å². The molecule has 3 rings (SSSR count). The molecular weight excluding hydrogens is 374 g/mol. The lowest BCUT2D eigenvalue weighted by molar-refractivity contribution is -0.161. The highest BCUT2D eigenvalue weighted by Gasteiger charge is 2.30. The average molecular weight is 401 g/mol. The maximum atomic E-state index is 12.2. The molecule has 1 aliphatic rings. The van der Waals surface area contributed by atoms with Crippen molar-refractivity contribution in [3.63, 3.8) is 0 Å². The molecule has 0 unspecified atom stereocenters. The fourth-order valence-electron chi connectivity index (χ4n) is 3.54. The van der Waals surface area contributed by atoms with E-state index in [-0.39, 0.29) is 17.6 Å². The number of esters is 1. The monoisotopic (exact) mass is 401 g/mol. The van der Waals surface area contributed by atoms with Gasteiger partial charge in [0.25, 0.3) is 0 Å². The van der Waals surface area contributed by atoms with Crippen LogP contribution in [0, 0.1) is 18.8 Å². The van der Waals surface area contributed by atoms with Crippen molar-refractivity contribution in [3.05, 3.63) is 23.5 Å². The second-order valence-corrected chi connectivity index (χ2v) is 8.61. The molecule has 156 valence electrons. The number of pyridine rings is 1. The zero-order valence-electron chi connectivity index (χ0n) is 17.3. The molecule has 0 atom stereocenters. The number of hydrogen-bond donors (Lipinski definition) is 1. The number of aromatic nitrogens is 5. The van der Waals surface area contributed by atoms with E-state index < -0.39 is 11.6 Å². The van der Waals surface area contributed by atoms with Gasteiger partial charge in [0, 0.05) is 11.3 Å². The number of carbonyl (C=O) groups excluding carboxylic acids is 1. The number of aryl methyl sites for hydroxylation is 1. The van der Waals surface area contributed by atoms with Crippen LogP contribution in [0.1, 0.15) is 62.6 Å². The van der Waals surface area contributed by atoms with Crippen molar-refractivity contribution < 1.29 is 19.4 Å². The lowest BCUT2D eigenvalue weighted by Gasteiger charge is -2.29. The standard InChI is InChI=1S/C20H27N5O4/c1-12-9-15(10-16(21-12)18(26)27)17-22-24-25(23-17)11-13-5-7-14(8-6-13)19(28)29-20(2,3)4/h9-10,13-14H,5-8,11H2,1-4H3,(H,26,27). The van der Waals surface area contributed by atoms with Gasteiger partial charge in [0.1, 0.15) is 11.3 Å². The van der Waals surface area contributed by atoms with E-state index in [9.17, 15) is 9.59 Å². The van der Waals surface area contributed by atoms with E-state index in [2.05, 4.69) is 20.4 Å². The maximum Gasteiger partial charge on any atom is 0.354 e. The van der Waals surface area contributed by atoms with Crippen molar-refractivity contribution in [2.75, 3.05) is 0 Å². The molecule has 1 fully saturated rings. The molecule has 0 aliphatic heterocycles. The normalized spacial score (nSPS) is 19.7. The quantitative estimate of drug-likeness (QED) is 0.759. The minimum atomic E-state index is -1.09. The summed E-state index contributed by atoms with van der Waals surface area (Å²) in [4.78, 5) is 29.0. The number of tetrazole rings is 1. The Labute approximate surface area is 169 Å². The third-order valence-electron chi connectivity index (χ3n) is 4.89. The van der Waals surface area contributed by atoms with Gasteiger partial charge in [-0.25, -0.2) is 9.78 Å². The second-order valence-electron chi connectivity index (χ2n) is 8.61. The molecule has 2 aromatic heterocycles. The molecule has 2 heterocycles. The van der Waals surface area contributed by atoms with Crippen molar-refractivity contribution in [1.82, 2.24) is 25.2 Å². The number of hydrogen-bond acceptors (Lipinski definition) is 7. The molecule has 1 N–H and O–H groups in total. The highest BCUT2D eigenvalue weighted by atomic mass is 16.6. The summed E-state index contributed by atoms with van der Waals surface area (Å²) in [5.41, 5.74) is 0.657. The molecular formula is C20H27N5O4. The number of carboxylic acid groups (broad SMARTS) is 1. The Morgan fingerprint density at radius 3 is 2.52 bits per heavy atom. The lowest BCUT2D eigenvalue weighted by Crippen LogP contribution is -2.31. The summed E-state index contributed by atoms with van der Waals surface area (Å²) in [6.07, 6.45) is 3.40. The van der Waals surface area contributed by atoms with E-state index in [4.69, 9.17) is 9.84 Å². The van der Waals surface area contributed by atoms with Gasteiger partial charge < -0.3 is 9.84 Å². The molecule has 1 saturated carbocycles. The van der Waals surface area contributed by atoms with Crippen LogP contribution in [-0.4, -0.2) is 47.8 Å². The SMILES string of the molecule is Cc1cc(-c2nnn(CC3CCC(C(=O)OC(C)(C)C)CC3)n2)cc(C(=O)O)n1. The van der Waals surface area contributed by atoms with Gasteiger partial charge in [0.15, 0.2) is 0 Å². The maximum absolute atomic E-state index is 12.2. The summed E-state index contributed by atoms with van der Waals surface area (Å²) in [5.74, 6) is -0.507. The fourth-order valence-corrected chi connectivity index (χ4v) is 3.54. The Balaban J connectivity index is 1.59. The largest absolute Gasteiger partial charge is 0.477 e. The van der Waals surface area contributed by atoms with Crippen LogP contribution in [0.5, 0.6) is 0 Å². The number of ether oxygens (including phenoxy) is 1. The average Bonchev–Trinajstić information content (AvgIpc) is 3.09. The fraction of sp³-hybridized carbons (Fsp3) is 0.600. The zero-order chi connectivity index (χ0) is 21.2. The molecule has 9 nitrogen and oxygen atoms in total. The number of carboxylic acids is 1. The minimum absolute atomic E-state index is 0.0426. The van der Waals surface area contributed by atoms with Crippen molar-refractivity contribution in [1.29, 1.82) is 0 Å². The van der Waals surface area contributed by atoms with Crippen LogP contribution < -0.4 is 0 Å². The third kappa shape index (κ3) is 5.58. The molecule has 0 saturated heterocycles. The minimum Gasteiger partial charge on any atom is -0.477 e. The molecule has 0 bridgehead atoms. The molecule has 9 heteroatoms. The van der Waals surface area contributed by atoms with Gasteiger partial charge in [-0.05, 0) is 76.6 Å². The first kappa shape index (κ1) is 20.9. The summed E-state index contributed by atoms with van der Waals surface area (Å²) < 4.78 is 5.49. The molecule has 2 aromatic rings. The van der Waals surface area contributed by atoms with E-state index in [0.29, 0.717) is 29.5 Å². The summed E-state index contributed by atoms with van der Waals surface area (Å²) >= 11 is 0. The molecule has 0 amide bonds. The van der Waals surface area contributed by atoms with Crippen molar-refractivity contribution in [3.8, 4) is 11.4 Å². The Hall–Kier alpha value is -2.84. The van der Waals surface area contributed by atoms with E-state index in [1.807, 2.05) is 20.8 Å². The summed E-state index contributed by atoms with van der Waals surface area (Å²) in [6.45, 7) is 7.99. The van der Waals surface area contributed by atoms with Gasteiger partial charge in [-0.3, -0.25) is 4.79 Å². The van der Waals surface area contributed by atoms with Crippen molar-refractivity contribution in [2.24, 2.45) is 11.8 Å². The van der Waals surface area contributed by atoms with Gasteiger partial charge in [-0.2, -0.15) is 4.80 Å². The summed E-state index contributed by atoms with van der Waals surface area (Å²) in [5, 5.41) is 21.7. The summed E-state index contributed by atoms with van der Waals surface area (Å²) in [6, 6.07) is 3.18. The van der Waals surface area contributed by atoms with Crippen LogP contribution in [0.2, 0.25) is 0 Å². The third-order valence-corrected chi connectivity index (χ3v) is 4.89. The predicted octanol–water partition coefficient (Wildman–Crippen LogP) is 2.89. The topological polar surface area (TPSA) is 120 Å². The molecule has 0 spiro atoms. The van der Waals surface area contributed by atoms with Crippen LogP contribution >= 0.6 is 0 Å². The second kappa shape index (κ2) is 8.26. The van der Waals surface area contributed by atoms with Gasteiger partial charge in [-0.1, -0.05) is 0 Å². The first-order valence-corrected chi connectivity index (χ1v) is 9.84. The number of carbonyl (C=O) groups is 2. The summed E-state index contributed by atoms with van der Waals surface area (Å²) in [7, 11) is 0. The van der Waals surface area contributed by atoms with Crippen molar-refractivity contribution in [2.45, 2.75) is 65.5 Å². The van der Waals surface area contributed by atoms with E-state index in [0.717, 1.165) is 25.7 Å². The lowest BCUT2D eigenvalue weighted by atomic mass is 9.82. The van der Waals surface area contributed by atoms with Gasteiger partial charge in [0.2, 0.25) is 5.82 Å². The first-order chi connectivity index (χ1) is 13.6. The van der Waals surface area contributed by atoms with E-state index >= 15 is 0 Å². The molecule has 29 heavy (non-hydrogen) atoms. The predicted molar refractivity (Wildman–Crippen MR) is 104 cm³/mol. The highest BCUT2D eigenvalue weighted by Crippen LogP contribution is 2.31. The smallest absolute Gasteiger partial charge is 0.354 e. The van der Waals surface area contributed by atoms with E-state index in [1.165, 1.54) is 6.07 Å². The molecule has 0 aromatic carbocycles. The Bertz CT molecular complexity index is 895. The Kier molecular flexibility index (Phi) is 5.95. The van der Waals surface area contributed by atoms with Crippen molar-refractivity contribution >= 4 is 11.9 Å². The molecule has 0 radical (unpaired) electrons. The number of rotatable bonds is 5. The van der Waals surface area contributed by atoms with Crippen LogP contribution in [-0.2, 0) is 16.1 Å². The number of nitrogens with zero attached hydrogens (tertiary/aromatic N) is 5. The first-order valence-electron chi connectivity index (χ1n) is 9.84.